The molecule has 4 nitrogen and oxygen atoms in total. The number of hydrogen-bond donors (Lipinski definition) is 1. The highest BCUT2D eigenvalue weighted by molar-refractivity contribution is 5.07. The molecule has 2 unspecified atom stereocenters. The van der Waals surface area contributed by atoms with E-state index in [1.807, 2.05) is 20.0 Å². The first kappa shape index (κ1) is 13.6. The lowest BCUT2D eigenvalue weighted by molar-refractivity contribution is -0.0765. The Morgan fingerprint density at radius 3 is 2.72 bits per heavy atom. The van der Waals surface area contributed by atoms with Gasteiger partial charge in [-0.05, 0) is 31.7 Å². The van der Waals surface area contributed by atoms with Gasteiger partial charge in [-0.3, -0.25) is 4.68 Å². The molecule has 18 heavy (non-hydrogen) atoms. The number of nitrogens with zero attached hydrogens (tertiary/aromatic N) is 2. The number of ether oxygens (including phenoxy) is 1. The number of aryl methyl sites for hydroxylation is 1. The monoisotopic (exact) mass is 252 g/mol. The van der Waals surface area contributed by atoms with Crippen LogP contribution in [0.4, 0.5) is 0 Å². The lowest BCUT2D eigenvalue weighted by atomic mass is 9.82. The van der Waals surface area contributed by atoms with Crippen molar-refractivity contribution in [1.29, 1.82) is 0 Å². The SMILES string of the molecule is CCOC(C1CCCCC1)C(O)c1ccnn1C. The highest BCUT2D eigenvalue weighted by Gasteiger charge is 2.32. The van der Waals surface area contributed by atoms with Gasteiger partial charge < -0.3 is 9.84 Å². The maximum Gasteiger partial charge on any atom is 0.122 e. The Hall–Kier alpha value is -0.870. The zero-order chi connectivity index (χ0) is 13.0. The maximum atomic E-state index is 10.5. The predicted octanol–water partition coefficient (Wildman–Crippen LogP) is 2.44. The first-order valence-electron chi connectivity index (χ1n) is 7.01. The molecule has 0 spiro atoms. The average Bonchev–Trinajstić information content (AvgIpc) is 2.82. The second-order valence-corrected chi connectivity index (χ2v) is 5.14. The number of rotatable bonds is 5. The van der Waals surface area contributed by atoms with Crippen molar-refractivity contribution in [3.05, 3.63) is 18.0 Å². The normalized spacial score (nSPS) is 20.8. The van der Waals surface area contributed by atoms with E-state index in [0.717, 1.165) is 5.69 Å². The Morgan fingerprint density at radius 2 is 2.17 bits per heavy atom. The minimum absolute atomic E-state index is 0.0919. The molecule has 1 aliphatic rings. The second-order valence-electron chi connectivity index (χ2n) is 5.14. The van der Waals surface area contributed by atoms with Crippen LogP contribution in [-0.4, -0.2) is 27.6 Å². The van der Waals surface area contributed by atoms with Crippen LogP contribution in [0.1, 0.15) is 50.8 Å². The van der Waals surface area contributed by atoms with E-state index in [-0.39, 0.29) is 6.10 Å². The molecule has 2 atom stereocenters. The van der Waals surface area contributed by atoms with Gasteiger partial charge >= 0.3 is 0 Å². The van der Waals surface area contributed by atoms with Gasteiger partial charge in [0.25, 0.3) is 0 Å². The van der Waals surface area contributed by atoms with E-state index in [1.54, 1.807) is 10.9 Å². The Labute approximate surface area is 109 Å². The van der Waals surface area contributed by atoms with Gasteiger partial charge in [0.15, 0.2) is 0 Å². The molecule has 4 heteroatoms. The van der Waals surface area contributed by atoms with Gasteiger partial charge in [0, 0.05) is 19.9 Å². The van der Waals surface area contributed by atoms with E-state index >= 15 is 0 Å². The highest BCUT2D eigenvalue weighted by Crippen LogP contribution is 2.34. The van der Waals surface area contributed by atoms with Gasteiger partial charge in [-0.25, -0.2) is 0 Å². The van der Waals surface area contributed by atoms with Crippen LogP contribution in [0.3, 0.4) is 0 Å². The van der Waals surface area contributed by atoms with Gasteiger partial charge in [-0.15, -0.1) is 0 Å². The lowest BCUT2D eigenvalue weighted by Crippen LogP contribution is -2.33. The van der Waals surface area contributed by atoms with Gasteiger partial charge in [0.2, 0.25) is 0 Å². The topological polar surface area (TPSA) is 47.3 Å². The van der Waals surface area contributed by atoms with Crippen molar-refractivity contribution in [2.45, 2.75) is 51.2 Å². The quantitative estimate of drug-likeness (QED) is 0.875. The van der Waals surface area contributed by atoms with Crippen LogP contribution in [0.15, 0.2) is 12.3 Å². The van der Waals surface area contributed by atoms with Crippen LogP contribution in [0, 0.1) is 5.92 Å². The van der Waals surface area contributed by atoms with Crippen molar-refractivity contribution in [2.24, 2.45) is 13.0 Å². The summed E-state index contributed by atoms with van der Waals surface area (Å²) in [6.45, 7) is 2.64. The van der Waals surface area contributed by atoms with E-state index in [0.29, 0.717) is 12.5 Å². The van der Waals surface area contributed by atoms with Crippen molar-refractivity contribution in [1.82, 2.24) is 9.78 Å². The van der Waals surface area contributed by atoms with E-state index in [1.165, 1.54) is 32.1 Å². The minimum Gasteiger partial charge on any atom is -0.384 e. The average molecular weight is 252 g/mol. The summed E-state index contributed by atoms with van der Waals surface area (Å²) >= 11 is 0. The Kier molecular flexibility index (Phi) is 4.78. The Morgan fingerprint density at radius 1 is 1.44 bits per heavy atom. The molecule has 2 rings (SSSR count). The van der Waals surface area contributed by atoms with Crippen LogP contribution in [-0.2, 0) is 11.8 Å². The minimum atomic E-state index is -0.569. The summed E-state index contributed by atoms with van der Waals surface area (Å²) in [6.07, 6.45) is 7.23. The van der Waals surface area contributed by atoms with E-state index in [9.17, 15) is 5.11 Å². The fourth-order valence-corrected chi connectivity index (χ4v) is 2.98. The molecule has 1 N–H and O–H groups in total. The van der Waals surface area contributed by atoms with Gasteiger partial charge in [0.1, 0.15) is 6.10 Å². The van der Waals surface area contributed by atoms with Crippen molar-refractivity contribution < 1.29 is 9.84 Å². The zero-order valence-electron chi connectivity index (χ0n) is 11.4. The largest absolute Gasteiger partial charge is 0.384 e. The molecular weight excluding hydrogens is 228 g/mol. The highest BCUT2D eigenvalue weighted by atomic mass is 16.5. The first-order valence-corrected chi connectivity index (χ1v) is 7.01. The molecule has 102 valence electrons. The van der Waals surface area contributed by atoms with Crippen molar-refractivity contribution in [3.63, 3.8) is 0 Å². The zero-order valence-corrected chi connectivity index (χ0v) is 11.4. The summed E-state index contributed by atoms with van der Waals surface area (Å²) in [6, 6.07) is 1.87. The lowest BCUT2D eigenvalue weighted by Gasteiger charge is -2.33. The molecule has 1 aromatic rings. The van der Waals surface area contributed by atoms with Gasteiger partial charge in [-0.1, -0.05) is 19.3 Å². The van der Waals surface area contributed by atoms with Crippen LogP contribution in [0.2, 0.25) is 0 Å². The predicted molar refractivity (Wildman–Crippen MR) is 70.2 cm³/mol. The smallest absolute Gasteiger partial charge is 0.122 e. The van der Waals surface area contributed by atoms with Crippen LogP contribution >= 0.6 is 0 Å². The van der Waals surface area contributed by atoms with Gasteiger partial charge in [0.05, 0.1) is 11.8 Å². The Balaban J connectivity index is 2.10. The molecule has 1 saturated carbocycles. The van der Waals surface area contributed by atoms with Crippen molar-refractivity contribution in [2.75, 3.05) is 6.61 Å². The molecule has 0 bridgehead atoms. The third-order valence-corrected chi connectivity index (χ3v) is 3.95. The van der Waals surface area contributed by atoms with Crippen LogP contribution in [0.5, 0.6) is 0 Å². The third kappa shape index (κ3) is 2.93. The molecule has 1 fully saturated rings. The summed E-state index contributed by atoms with van der Waals surface area (Å²) in [4.78, 5) is 0. The molecular formula is C14H24N2O2. The summed E-state index contributed by atoms with van der Waals surface area (Å²) in [5, 5.41) is 14.7. The number of aromatic nitrogens is 2. The molecule has 0 aliphatic heterocycles. The second kappa shape index (κ2) is 6.34. The summed E-state index contributed by atoms with van der Waals surface area (Å²) in [5.41, 5.74) is 0.846. The van der Waals surface area contributed by atoms with Crippen LogP contribution < -0.4 is 0 Å². The molecule has 0 radical (unpaired) electrons. The van der Waals surface area contributed by atoms with Crippen molar-refractivity contribution >= 4 is 0 Å². The first-order chi connectivity index (χ1) is 8.74. The number of aliphatic hydroxyl groups excluding tert-OH is 1. The maximum absolute atomic E-state index is 10.5. The molecule has 0 saturated heterocycles. The standard InChI is InChI=1S/C14H24N2O2/c1-3-18-14(11-7-5-4-6-8-11)13(17)12-9-10-15-16(12)2/h9-11,13-14,17H,3-8H2,1-2H3. The molecule has 1 aliphatic carbocycles. The Bertz CT molecular complexity index is 358. The van der Waals surface area contributed by atoms with Crippen LogP contribution in [0.25, 0.3) is 0 Å². The molecule has 1 aromatic heterocycles. The fourth-order valence-electron chi connectivity index (χ4n) is 2.98. The van der Waals surface area contributed by atoms with E-state index in [4.69, 9.17) is 4.74 Å². The summed E-state index contributed by atoms with van der Waals surface area (Å²) < 4.78 is 7.57. The summed E-state index contributed by atoms with van der Waals surface area (Å²) in [7, 11) is 1.86. The summed E-state index contributed by atoms with van der Waals surface area (Å²) in [5.74, 6) is 0.476. The fraction of sp³-hybridized carbons (Fsp3) is 0.786. The van der Waals surface area contributed by atoms with E-state index in [2.05, 4.69) is 5.10 Å². The van der Waals surface area contributed by atoms with E-state index < -0.39 is 6.10 Å². The number of hydrogen-bond acceptors (Lipinski definition) is 3. The number of aliphatic hydroxyl groups is 1. The van der Waals surface area contributed by atoms with Crippen molar-refractivity contribution in [3.8, 4) is 0 Å². The third-order valence-electron chi connectivity index (χ3n) is 3.95. The van der Waals surface area contributed by atoms with Gasteiger partial charge in [-0.2, -0.15) is 5.10 Å². The molecule has 0 aromatic carbocycles. The molecule has 0 amide bonds. The molecule has 1 heterocycles.